The van der Waals surface area contributed by atoms with E-state index in [9.17, 15) is 0 Å². The third kappa shape index (κ3) is 2.30. The van der Waals surface area contributed by atoms with Gasteiger partial charge in [-0.3, -0.25) is 4.99 Å². The Morgan fingerprint density at radius 2 is 2.12 bits per heavy atom. The summed E-state index contributed by atoms with van der Waals surface area (Å²) in [5.41, 5.74) is 3.70. The molecular formula is C14H16N2O. The molecule has 0 spiro atoms. The fraction of sp³-hybridized carbons (Fsp3) is 0.357. The molecule has 3 heteroatoms. The van der Waals surface area contributed by atoms with Gasteiger partial charge in [-0.1, -0.05) is 30.3 Å². The van der Waals surface area contributed by atoms with Crippen molar-refractivity contribution in [3.63, 3.8) is 0 Å². The highest BCUT2D eigenvalue weighted by Gasteiger charge is 2.23. The summed E-state index contributed by atoms with van der Waals surface area (Å²) in [6, 6.07) is 10.4. The molecule has 1 aromatic rings. The molecule has 1 N–H and O–H groups in total. The van der Waals surface area contributed by atoms with Gasteiger partial charge < -0.3 is 10.1 Å². The van der Waals surface area contributed by atoms with Gasteiger partial charge in [-0.15, -0.1) is 0 Å². The van der Waals surface area contributed by atoms with E-state index in [2.05, 4.69) is 34.6 Å². The number of hydrogen-bond acceptors (Lipinski definition) is 3. The second kappa shape index (κ2) is 4.82. The zero-order chi connectivity index (χ0) is 11.5. The number of ether oxygens (including phenoxy) is 1. The molecule has 0 aromatic heterocycles. The molecule has 0 amide bonds. The van der Waals surface area contributed by atoms with E-state index in [0.29, 0.717) is 0 Å². The minimum absolute atomic E-state index is 0.154. The van der Waals surface area contributed by atoms with Gasteiger partial charge >= 0.3 is 0 Å². The maximum absolute atomic E-state index is 5.72. The molecule has 0 aliphatic carbocycles. The van der Waals surface area contributed by atoms with Crippen LogP contribution in [-0.2, 0) is 4.74 Å². The Kier molecular flexibility index (Phi) is 3.03. The number of morpholine rings is 1. The highest BCUT2D eigenvalue weighted by molar-refractivity contribution is 6.01. The normalized spacial score (nSPS) is 24.4. The van der Waals surface area contributed by atoms with E-state index in [1.165, 1.54) is 11.1 Å². The highest BCUT2D eigenvalue weighted by Crippen LogP contribution is 2.25. The minimum atomic E-state index is 0.154. The molecule has 88 valence electrons. The first-order chi connectivity index (χ1) is 8.43. The molecule has 0 saturated carbocycles. The smallest absolute Gasteiger partial charge is 0.108 e. The van der Waals surface area contributed by atoms with Crippen molar-refractivity contribution < 1.29 is 4.74 Å². The van der Waals surface area contributed by atoms with Crippen LogP contribution in [-0.4, -0.2) is 31.5 Å². The molecule has 1 fully saturated rings. The summed E-state index contributed by atoms with van der Waals surface area (Å²) in [4.78, 5) is 4.51. The maximum Gasteiger partial charge on any atom is 0.108 e. The minimum Gasteiger partial charge on any atom is -0.370 e. The summed E-state index contributed by atoms with van der Waals surface area (Å²) in [5, 5.41) is 3.34. The topological polar surface area (TPSA) is 33.6 Å². The lowest BCUT2D eigenvalue weighted by Gasteiger charge is -2.23. The molecule has 3 nitrogen and oxygen atoms in total. The zero-order valence-corrected chi connectivity index (χ0v) is 9.73. The monoisotopic (exact) mass is 228 g/mol. The molecule has 0 radical (unpaired) electrons. The van der Waals surface area contributed by atoms with Crippen molar-refractivity contribution in [3.8, 4) is 0 Å². The Morgan fingerprint density at radius 1 is 1.24 bits per heavy atom. The molecule has 1 saturated heterocycles. The Labute approximate surface area is 101 Å². The fourth-order valence-electron chi connectivity index (χ4n) is 2.25. The van der Waals surface area contributed by atoms with Gasteiger partial charge in [0.05, 0.1) is 12.3 Å². The predicted molar refractivity (Wildman–Crippen MR) is 69.1 cm³/mol. The Bertz CT molecular complexity index is 445. The molecule has 1 atom stereocenters. The van der Waals surface area contributed by atoms with Crippen LogP contribution < -0.4 is 5.32 Å². The van der Waals surface area contributed by atoms with Crippen LogP contribution in [0, 0.1) is 0 Å². The van der Waals surface area contributed by atoms with Gasteiger partial charge in [-0.2, -0.15) is 0 Å². The summed E-state index contributed by atoms with van der Waals surface area (Å²) >= 11 is 0. The van der Waals surface area contributed by atoms with Crippen LogP contribution in [0.4, 0.5) is 0 Å². The van der Waals surface area contributed by atoms with Gasteiger partial charge in [0.15, 0.2) is 0 Å². The summed E-state index contributed by atoms with van der Waals surface area (Å²) in [6.45, 7) is 2.61. The third-order valence-corrected chi connectivity index (χ3v) is 3.20. The van der Waals surface area contributed by atoms with Crippen molar-refractivity contribution in [2.75, 3.05) is 19.7 Å². The lowest BCUT2D eigenvalue weighted by atomic mass is 10.0. The quantitative estimate of drug-likeness (QED) is 0.838. The SMILES string of the molecule is C1=C(c2ccccc2)CC(C2CNCCO2)=N1. The third-order valence-electron chi connectivity index (χ3n) is 3.20. The van der Waals surface area contributed by atoms with Gasteiger partial charge in [-0.05, 0) is 11.1 Å². The number of nitrogens with zero attached hydrogens (tertiary/aromatic N) is 1. The van der Waals surface area contributed by atoms with E-state index in [-0.39, 0.29) is 6.10 Å². The number of aliphatic imine (C=N–C) groups is 1. The number of rotatable bonds is 2. The van der Waals surface area contributed by atoms with Crippen LogP contribution >= 0.6 is 0 Å². The van der Waals surface area contributed by atoms with Crippen LogP contribution in [0.2, 0.25) is 0 Å². The lowest BCUT2D eigenvalue weighted by Crippen LogP contribution is -2.42. The van der Waals surface area contributed by atoms with E-state index in [1.54, 1.807) is 0 Å². The van der Waals surface area contributed by atoms with Crippen molar-refractivity contribution in [1.29, 1.82) is 0 Å². The molecule has 2 aliphatic rings. The van der Waals surface area contributed by atoms with Crippen molar-refractivity contribution in [2.24, 2.45) is 4.99 Å². The first-order valence-electron chi connectivity index (χ1n) is 6.07. The first-order valence-corrected chi connectivity index (χ1v) is 6.07. The van der Waals surface area contributed by atoms with Crippen LogP contribution in [0.3, 0.4) is 0 Å². The first kappa shape index (κ1) is 10.7. The molecule has 2 heterocycles. The second-order valence-corrected chi connectivity index (χ2v) is 4.38. The molecule has 17 heavy (non-hydrogen) atoms. The van der Waals surface area contributed by atoms with Gasteiger partial charge in [0, 0.05) is 25.7 Å². The van der Waals surface area contributed by atoms with Crippen LogP contribution in [0.5, 0.6) is 0 Å². The Morgan fingerprint density at radius 3 is 2.88 bits per heavy atom. The zero-order valence-electron chi connectivity index (χ0n) is 9.73. The number of hydrogen-bond donors (Lipinski definition) is 1. The van der Waals surface area contributed by atoms with Crippen LogP contribution in [0.25, 0.3) is 5.57 Å². The summed E-state index contributed by atoms with van der Waals surface area (Å²) < 4.78 is 5.72. The molecule has 0 bridgehead atoms. The summed E-state index contributed by atoms with van der Waals surface area (Å²) in [5.74, 6) is 0. The molecule has 1 aromatic carbocycles. The standard InChI is InChI=1S/C14H16N2O/c1-2-4-11(5-3-1)12-8-13(16-9-12)14-10-15-6-7-17-14/h1-5,9,14-15H,6-8,10H2. The molecular weight excluding hydrogens is 212 g/mol. The van der Waals surface area contributed by atoms with Crippen LogP contribution in [0.15, 0.2) is 41.5 Å². The largest absolute Gasteiger partial charge is 0.370 e. The summed E-state index contributed by atoms with van der Waals surface area (Å²) in [6.07, 6.45) is 3.04. The Balaban J connectivity index is 1.67. The van der Waals surface area contributed by atoms with E-state index >= 15 is 0 Å². The fourth-order valence-corrected chi connectivity index (χ4v) is 2.25. The molecule has 1 unspecified atom stereocenters. The second-order valence-electron chi connectivity index (χ2n) is 4.38. The van der Waals surface area contributed by atoms with E-state index < -0.39 is 0 Å². The van der Waals surface area contributed by atoms with Crippen molar-refractivity contribution in [2.45, 2.75) is 12.5 Å². The van der Waals surface area contributed by atoms with Gasteiger partial charge in [0.2, 0.25) is 0 Å². The highest BCUT2D eigenvalue weighted by atomic mass is 16.5. The van der Waals surface area contributed by atoms with Crippen molar-refractivity contribution in [3.05, 3.63) is 42.1 Å². The van der Waals surface area contributed by atoms with Crippen molar-refractivity contribution >= 4 is 11.3 Å². The average Bonchev–Trinajstić information content (AvgIpc) is 2.90. The van der Waals surface area contributed by atoms with E-state index in [0.717, 1.165) is 31.8 Å². The number of benzene rings is 1. The number of nitrogens with one attached hydrogen (secondary N) is 1. The average molecular weight is 228 g/mol. The van der Waals surface area contributed by atoms with Gasteiger partial charge in [-0.25, -0.2) is 0 Å². The van der Waals surface area contributed by atoms with Gasteiger partial charge in [0.1, 0.15) is 6.10 Å². The van der Waals surface area contributed by atoms with Crippen molar-refractivity contribution in [1.82, 2.24) is 5.32 Å². The lowest BCUT2D eigenvalue weighted by molar-refractivity contribution is 0.0705. The van der Waals surface area contributed by atoms with Gasteiger partial charge in [0.25, 0.3) is 0 Å². The molecule has 2 aliphatic heterocycles. The maximum atomic E-state index is 5.72. The summed E-state index contributed by atoms with van der Waals surface area (Å²) in [7, 11) is 0. The number of allylic oxidation sites excluding steroid dienone is 1. The predicted octanol–water partition coefficient (Wildman–Crippen LogP) is 1.86. The van der Waals surface area contributed by atoms with Crippen LogP contribution in [0.1, 0.15) is 12.0 Å². The Hall–Kier alpha value is -1.45. The molecule has 3 rings (SSSR count). The van der Waals surface area contributed by atoms with E-state index in [1.807, 2.05) is 12.3 Å². The van der Waals surface area contributed by atoms with E-state index in [4.69, 9.17) is 4.74 Å².